The van der Waals surface area contributed by atoms with Crippen LogP contribution in [-0.2, 0) is 6.54 Å². The lowest BCUT2D eigenvalue weighted by Crippen LogP contribution is -2.17. The Labute approximate surface area is 129 Å². The zero-order valence-corrected chi connectivity index (χ0v) is 13.8. The molecule has 0 saturated carbocycles. The molecule has 2 rings (SSSR count). The second-order valence-electron chi connectivity index (χ2n) is 5.21. The summed E-state index contributed by atoms with van der Waals surface area (Å²) in [5.41, 5.74) is 2.16. The summed E-state index contributed by atoms with van der Waals surface area (Å²) in [5.74, 6) is -0.201. The number of halogens is 1. The van der Waals surface area contributed by atoms with Crippen molar-refractivity contribution in [2.24, 2.45) is 0 Å². The van der Waals surface area contributed by atoms with Gasteiger partial charge in [-0.2, -0.15) is 0 Å². The SMILES string of the molecule is CCNC(C)c1sc(N(C)Cc2ccc(F)cc2)nc1C. The quantitative estimate of drug-likeness (QED) is 0.877. The molecule has 0 aliphatic carbocycles. The van der Waals surface area contributed by atoms with Crippen molar-refractivity contribution in [3.63, 3.8) is 0 Å². The highest BCUT2D eigenvalue weighted by molar-refractivity contribution is 7.15. The van der Waals surface area contributed by atoms with Gasteiger partial charge in [-0.15, -0.1) is 11.3 Å². The van der Waals surface area contributed by atoms with E-state index in [1.165, 1.54) is 17.0 Å². The van der Waals surface area contributed by atoms with Crippen LogP contribution in [0.1, 0.15) is 36.0 Å². The molecule has 3 nitrogen and oxygen atoms in total. The van der Waals surface area contributed by atoms with E-state index < -0.39 is 0 Å². The smallest absolute Gasteiger partial charge is 0.185 e. The molecule has 0 radical (unpaired) electrons. The maximum absolute atomic E-state index is 12.9. The molecule has 0 amide bonds. The minimum Gasteiger partial charge on any atom is -0.347 e. The summed E-state index contributed by atoms with van der Waals surface area (Å²) in [4.78, 5) is 8.04. The van der Waals surface area contributed by atoms with Gasteiger partial charge in [0, 0.05) is 24.5 Å². The van der Waals surface area contributed by atoms with Crippen molar-refractivity contribution in [2.45, 2.75) is 33.4 Å². The summed E-state index contributed by atoms with van der Waals surface area (Å²) in [5, 5.41) is 4.42. The third-order valence-corrected chi connectivity index (χ3v) is 4.84. The van der Waals surface area contributed by atoms with E-state index >= 15 is 0 Å². The Balaban J connectivity index is 2.10. The van der Waals surface area contributed by atoms with Gasteiger partial charge in [-0.3, -0.25) is 0 Å². The second kappa shape index (κ2) is 7.00. The lowest BCUT2D eigenvalue weighted by Gasteiger charge is -2.15. The largest absolute Gasteiger partial charge is 0.347 e. The number of aromatic nitrogens is 1. The fourth-order valence-corrected chi connectivity index (χ4v) is 3.34. The third kappa shape index (κ3) is 4.02. The fourth-order valence-electron chi connectivity index (χ4n) is 2.29. The zero-order valence-electron chi connectivity index (χ0n) is 13.0. The lowest BCUT2D eigenvalue weighted by atomic mass is 10.2. The Bertz CT molecular complexity index is 580. The fraction of sp³-hybridized carbons (Fsp3) is 0.438. The molecule has 1 unspecified atom stereocenters. The monoisotopic (exact) mass is 307 g/mol. The Hall–Kier alpha value is -1.46. The average molecular weight is 307 g/mol. The summed E-state index contributed by atoms with van der Waals surface area (Å²) >= 11 is 1.72. The number of hydrogen-bond acceptors (Lipinski definition) is 4. The summed E-state index contributed by atoms with van der Waals surface area (Å²) in [7, 11) is 2.02. The van der Waals surface area contributed by atoms with Gasteiger partial charge in [0.1, 0.15) is 5.82 Å². The normalized spacial score (nSPS) is 12.4. The van der Waals surface area contributed by atoms with Crippen molar-refractivity contribution in [3.05, 3.63) is 46.2 Å². The molecule has 0 bridgehead atoms. The molecule has 1 atom stereocenters. The highest BCUT2D eigenvalue weighted by atomic mass is 32.1. The van der Waals surface area contributed by atoms with E-state index in [0.717, 1.165) is 29.5 Å². The van der Waals surface area contributed by atoms with Gasteiger partial charge in [0.15, 0.2) is 5.13 Å². The van der Waals surface area contributed by atoms with E-state index in [2.05, 4.69) is 36.0 Å². The summed E-state index contributed by atoms with van der Waals surface area (Å²) in [6.45, 7) is 7.98. The number of hydrogen-bond donors (Lipinski definition) is 1. The van der Waals surface area contributed by atoms with Crippen molar-refractivity contribution < 1.29 is 4.39 Å². The molecule has 0 fully saturated rings. The molecule has 1 aromatic heterocycles. The van der Waals surface area contributed by atoms with E-state index in [-0.39, 0.29) is 5.82 Å². The molecule has 0 saturated heterocycles. The molecule has 0 aliphatic rings. The van der Waals surface area contributed by atoms with E-state index in [1.807, 2.05) is 19.2 Å². The van der Waals surface area contributed by atoms with Crippen molar-refractivity contribution in [3.8, 4) is 0 Å². The van der Waals surface area contributed by atoms with Crippen molar-refractivity contribution in [1.29, 1.82) is 0 Å². The maximum atomic E-state index is 12.9. The molecule has 1 aromatic carbocycles. The summed E-state index contributed by atoms with van der Waals surface area (Å²) in [6, 6.07) is 6.94. The number of anilines is 1. The lowest BCUT2D eigenvalue weighted by molar-refractivity contribution is 0.603. The first-order valence-electron chi connectivity index (χ1n) is 7.17. The predicted molar refractivity (Wildman–Crippen MR) is 87.4 cm³/mol. The highest BCUT2D eigenvalue weighted by Gasteiger charge is 2.15. The van der Waals surface area contributed by atoms with Crippen LogP contribution >= 0.6 is 11.3 Å². The standard InChI is InChI=1S/C16H22FN3S/c1-5-18-11(2)15-12(3)19-16(21-15)20(4)10-13-6-8-14(17)9-7-13/h6-9,11,18H,5,10H2,1-4H3. The number of rotatable bonds is 6. The molecule has 0 aliphatic heterocycles. The molecule has 21 heavy (non-hydrogen) atoms. The van der Waals surface area contributed by atoms with E-state index in [1.54, 1.807) is 11.3 Å². The number of nitrogens with zero attached hydrogens (tertiary/aromatic N) is 2. The van der Waals surface area contributed by atoms with Crippen LogP contribution in [0.15, 0.2) is 24.3 Å². The van der Waals surface area contributed by atoms with Gasteiger partial charge in [-0.25, -0.2) is 9.37 Å². The van der Waals surface area contributed by atoms with Crippen LogP contribution in [0.4, 0.5) is 9.52 Å². The molecular formula is C16H22FN3S. The second-order valence-corrected chi connectivity index (χ2v) is 6.22. The molecule has 1 N–H and O–H groups in total. The van der Waals surface area contributed by atoms with Gasteiger partial charge in [-0.05, 0) is 38.1 Å². The Morgan fingerprint density at radius 1 is 1.33 bits per heavy atom. The number of benzene rings is 1. The first-order chi connectivity index (χ1) is 10.0. The summed E-state index contributed by atoms with van der Waals surface area (Å²) in [6.07, 6.45) is 0. The Morgan fingerprint density at radius 3 is 2.62 bits per heavy atom. The van der Waals surface area contributed by atoms with Crippen molar-refractivity contribution >= 4 is 16.5 Å². The molecule has 5 heteroatoms. The first-order valence-corrected chi connectivity index (χ1v) is 7.99. The third-order valence-electron chi connectivity index (χ3n) is 3.38. The van der Waals surface area contributed by atoms with Gasteiger partial charge in [-0.1, -0.05) is 19.1 Å². The topological polar surface area (TPSA) is 28.2 Å². The van der Waals surface area contributed by atoms with Gasteiger partial charge in [0.25, 0.3) is 0 Å². The zero-order chi connectivity index (χ0) is 15.4. The first kappa shape index (κ1) is 15.9. The van der Waals surface area contributed by atoms with Gasteiger partial charge >= 0.3 is 0 Å². The molecular weight excluding hydrogens is 285 g/mol. The van der Waals surface area contributed by atoms with Crippen LogP contribution in [0.5, 0.6) is 0 Å². The molecule has 114 valence electrons. The Morgan fingerprint density at radius 2 is 2.00 bits per heavy atom. The van der Waals surface area contributed by atoms with Gasteiger partial charge in [0.2, 0.25) is 0 Å². The van der Waals surface area contributed by atoms with E-state index in [4.69, 9.17) is 0 Å². The van der Waals surface area contributed by atoms with Crippen molar-refractivity contribution in [2.75, 3.05) is 18.5 Å². The van der Waals surface area contributed by atoms with Gasteiger partial charge < -0.3 is 10.2 Å². The number of thiazole rings is 1. The molecule has 2 aromatic rings. The van der Waals surface area contributed by atoms with Crippen molar-refractivity contribution in [1.82, 2.24) is 10.3 Å². The molecule has 0 spiro atoms. The van der Waals surface area contributed by atoms with E-state index in [0.29, 0.717) is 6.04 Å². The predicted octanol–water partition coefficient (Wildman–Crippen LogP) is 3.90. The number of nitrogens with one attached hydrogen (secondary N) is 1. The van der Waals surface area contributed by atoms with Crippen LogP contribution in [0.3, 0.4) is 0 Å². The van der Waals surface area contributed by atoms with Gasteiger partial charge in [0.05, 0.1) is 5.69 Å². The van der Waals surface area contributed by atoms with Crippen LogP contribution < -0.4 is 10.2 Å². The Kier molecular flexibility index (Phi) is 5.31. The average Bonchev–Trinajstić information content (AvgIpc) is 2.84. The minimum atomic E-state index is -0.201. The van der Waals surface area contributed by atoms with Crippen LogP contribution in [-0.4, -0.2) is 18.6 Å². The molecule has 1 heterocycles. The van der Waals surface area contributed by atoms with Crippen LogP contribution in [0.2, 0.25) is 0 Å². The number of aryl methyl sites for hydroxylation is 1. The minimum absolute atomic E-state index is 0.201. The van der Waals surface area contributed by atoms with E-state index in [9.17, 15) is 4.39 Å². The highest BCUT2D eigenvalue weighted by Crippen LogP contribution is 2.30. The van der Waals surface area contributed by atoms with Crippen LogP contribution in [0.25, 0.3) is 0 Å². The maximum Gasteiger partial charge on any atom is 0.185 e. The van der Waals surface area contributed by atoms with Crippen LogP contribution in [0, 0.1) is 12.7 Å². The summed E-state index contributed by atoms with van der Waals surface area (Å²) < 4.78 is 12.9.